The highest BCUT2D eigenvalue weighted by molar-refractivity contribution is 5.94. The summed E-state index contributed by atoms with van der Waals surface area (Å²) in [6.45, 7) is 0. The first kappa shape index (κ1) is 15.9. The van der Waals surface area contributed by atoms with Crippen LogP contribution in [0.3, 0.4) is 0 Å². The molecule has 1 radical (unpaired) electrons. The number of hydrogen-bond acceptors (Lipinski definition) is 4. The molecule has 1 heterocycles. The third kappa shape index (κ3) is 4.07. The van der Waals surface area contributed by atoms with Gasteiger partial charge in [0, 0.05) is 12.0 Å². The first-order chi connectivity index (χ1) is 11.7. The average Bonchev–Trinajstić information content (AvgIpc) is 3.03. The molecular weight excluding hydrogens is 302 g/mol. The number of carbonyl (C=O) groups excluding carboxylic acids is 1. The largest absolute Gasteiger partial charge is 0.366 e. The van der Waals surface area contributed by atoms with Gasteiger partial charge in [-0.25, -0.2) is 0 Å². The maximum absolute atomic E-state index is 11.4. The van der Waals surface area contributed by atoms with Gasteiger partial charge in [0.1, 0.15) is 0 Å². The van der Waals surface area contributed by atoms with Crippen LogP contribution in [0, 0.1) is 6.42 Å². The summed E-state index contributed by atoms with van der Waals surface area (Å²) in [6, 6.07) is 17.4. The Morgan fingerprint density at radius 2 is 1.83 bits per heavy atom. The Labute approximate surface area is 140 Å². The van der Waals surface area contributed by atoms with Crippen LogP contribution in [0.1, 0.15) is 39.6 Å². The molecule has 1 aromatic heterocycles. The molecule has 3 aromatic rings. The van der Waals surface area contributed by atoms with E-state index in [1.54, 1.807) is 12.1 Å². The summed E-state index contributed by atoms with van der Waals surface area (Å²) >= 11 is 0. The van der Waals surface area contributed by atoms with Gasteiger partial charge in [-0.05, 0) is 30.0 Å². The SMILES string of the molecule is NC(=O)c1ccccc1Cc1noc([CH]CCc2ccccc2)n1. The number of benzene rings is 2. The van der Waals surface area contributed by atoms with E-state index >= 15 is 0 Å². The molecule has 5 heteroatoms. The molecule has 0 bridgehead atoms. The van der Waals surface area contributed by atoms with Gasteiger partial charge in [-0.15, -0.1) is 0 Å². The quantitative estimate of drug-likeness (QED) is 0.725. The molecule has 1 amide bonds. The molecule has 0 aliphatic rings. The molecule has 121 valence electrons. The fraction of sp³-hybridized carbons (Fsp3) is 0.158. The maximum Gasteiger partial charge on any atom is 0.248 e. The Bertz CT molecular complexity index is 812. The molecule has 0 spiro atoms. The van der Waals surface area contributed by atoms with E-state index in [1.165, 1.54) is 5.56 Å². The molecular formula is C19H18N3O2. The standard InChI is InChI=1S/C19H18N3O2/c20-19(23)16-11-5-4-10-15(16)13-17-21-18(24-22-17)12-6-9-14-7-2-1-3-8-14/h1-5,7-8,10-12H,6,9,13H2,(H2,20,23). The number of rotatable bonds is 7. The van der Waals surface area contributed by atoms with E-state index in [0.29, 0.717) is 23.7 Å². The zero-order valence-corrected chi connectivity index (χ0v) is 13.2. The van der Waals surface area contributed by atoms with Crippen molar-refractivity contribution in [1.29, 1.82) is 0 Å². The van der Waals surface area contributed by atoms with E-state index < -0.39 is 5.91 Å². The summed E-state index contributed by atoms with van der Waals surface area (Å²) < 4.78 is 5.24. The van der Waals surface area contributed by atoms with E-state index in [1.807, 2.05) is 36.8 Å². The van der Waals surface area contributed by atoms with Crippen LogP contribution in [0.25, 0.3) is 0 Å². The third-order valence-electron chi connectivity index (χ3n) is 3.71. The molecule has 0 unspecified atom stereocenters. The van der Waals surface area contributed by atoms with Crippen molar-refractivity contribution in [2.24, 2.45) is 5.73 Å². The summed E-state index contributed by atoms with van der Waals surface area (Å²) in [4.78, 5) is 15.8. The van der Waals surface area contributed by atoms with Gasteiger partial charge in [-0.1, -0.05) is 53.7 Å². The molecule has 0 fully saturated rings. The van der Waals surface area contributed by atoms with Crippen LogP contribution in [0.5, 0.6) is 0 Å². The molecule has 0 aliphatic heterocycles. The summed E-state index contributed by atoms with van der Waals surface area (Å²) in [6.07, 6.45) is 4.07. The van der Waals surface area contributed by atoms with E-state index in [9.17, 15) is 4.79 Å². The Kier molecular flexibility index (Phi) is 5.01. The predicted octanol–water partition coefficient (Wildman–Crippen LogP) is 2.94. The first-order valence-electron chi connectivity index (χ1n) is 7.80. The van der Waals surface area contributed by atoms with Gasteiger partial charge in [-0.3, -0.25) is 4.79 Å². The lowest BCUT2D eigenvalue weighted by atomic mass is 10.0. The number of aryl methyl sites for hydroxylation is 1. The summed E-state index contributed by atoms with van der Waals surface area (Å²) in [7, 11) is 0. The third-order valence-corrected chi connectivity index (χ3v) is 3.71. The zero-order chi connectivity index (χ0) is 16.8. The zero-order valence-electron chi connectivity index (χ0n) is 13.2. The monoisotopic (exact) mass is 320 g/mol. The van der Waals surface area contributed by atoms with Gasteiger partial charge in [0.25, 0.3) is 0 Å². The van der Waals surface area contributed by atoms with Crippen molar-refractivity contribution in [3.05, 3.63) is 89.4 Å². The van der Waals surface area contributed by atoms with Crippen molar-refractivity contribution in [2.45, 2.75) is 19.3 Å². The van der Waals surface area contributed by atoms with Crippen LogP contribution < -0.4 is 5.73 Å². The summed E-state index contributed by atoms with van der Waals surface area (Å²) in [5, 5.41) is 3.97. The van der Waals surface area contributed by atoms with Crippen molar-refractivity contribution in [3.8, 4) is 0 Å². The molecule has 0 atom stereocenters. The van der Waals surface area contributed by atoms with E-state index in [0.717, 1.165) is 18.4 Å². The minimum absolute atomic E-state index is 0.412. The number of nitrogens with zero attached hydrogens (tertiary/aromatic N) is 2. The topological polar surface area (TPSA) is 82.0 Å². The lowest BCUT2D eigenvalue weighted by molar-refractivity contribution is 0.0999. The average molecular weight is 320 g/mol. The van der Waals surface area contributed by atoms with E-state index in [-0.39, 0.29) is 0 Å². The normalized spacial score (nSPS) is 10.7. The highest BCUT2D eigenvalue weighted by atomic mass is 16.5. The minimum Gasteiger partial charge on any atom is -0.366 e. The van der Waals surface area contributed by atoms with Gasteiger partial charge in [-0.2, -0.15) is 4.98 Å². The Morgan fingerprint density at radius 3 is 2.62 bits per heavy atom. The summed E-state index contributed by atoms with van der Waals surface area (Å²) in [5.41, 5.74) is 7.93. The van der Waals surface area contributed by atoms with Crippen molar-refractivity contribution >= 4 is 5.91 Å². The van der Waals surface area contributed by atoms with Gasteiger partial charge >= 0.3 is 0 Å². The lowest BCUT2D eigenvalue weighted by Gasteiger charge is -2.02. The molecule has 24 heavy (non-hydrogen) atoms. The van der Waals surface area contributed by atoms with Crippen LogP contribution >= 0.6 is 0 Å². The molecule has 0 saturated heterocycles. The van der Waals surface area contributed by atoms with Crippen molar-refractivity contribution in [1.82, 2.24) is 10.1 Å². The Morgan fingerprint density at radius 1 is 1.08 bits per heavy atom. The molecule has 2 N–H and O–H groups in total. The Hall–Kier alpha value is -2.95. The highest BCUT2D eigenvalue weighted by Crippen LogP contribution is 2.14. The Balaban J connectivity index is 1.59. The minimum atomic E-state index is -0.455. The second kappa shape index (κ2) is 7.55. The van der Waals surface area contributed by atoms with Gasteiger partial charge < -0.3 is 10.3 Å². The van der Waals surface area contributed by atoms with Crippen LogP contribution in [0.4, 0.5) is 0 Å². The van der Waals surface area contributed by atoms with Crippen LogP contribution in [-0.2, 0) is 12.8 Å². The molecule has 3 rings (SSSR count). The highest BCUT2D eigenvalue weighted by Gasteiger charge is 2.12. The van der Waals surface area contributed by atoms with Crippen LogP contribution in [-0.4, -0.2) is 16.0 Å². The number of carbonyl (C=O) groups is 1. The number of aromatic nitrogens is 2. The fourth-order valence-corrected chi connectivity index (χ4v) is 2.51. The second-order valence-electron chi connectivity index (χ2n) is 5.48. The lowest BCUT2D eigenvalue weighted by Crippen LogP contribution is -2.14. The van der Waals surface area contributed by atoms with Gasteiger partial charge in [0.05, 0.1) is 6.42 Å². The number of nitrogens with two attached hydrogens (primary N) is 1. The van der Waals surface area contributed by atoms with Gasteiger partial charge in [0.15, 0.2) is 5.82 Å². The van der Waals surface area contributed by atoms with Crippen molar-refractivity contribution < 1.29 is 9.32 Å². The first-order valence-corrected chi connectivity index (χ1v) is 7.80. The maximum atomic E-state index is 11.4. The second-order valence-corrected chi connectivity index (χ2v) is 5.48. The van der Waals surface area contributed by atoms with Crippen molar-refractivity contribution in [3.63, 3.8) is 0 Å². The molecule has 5 nitrogen and oxygen atoms in total. The fourth-order valence-electron chi connectivity index (χ4n) is 2.51. The predicted molar refractivity (Wildman–Crippen MR) is 90.2 cm³/mol. The van der Waals surface area contributed by atoms with Gasteiger partial charge in [0.2, 0.25) is 11.8 Å². The van der Waals surface area contributed by atoms with Crippen molar-refractivity contribution in [2.75, 3.05) is 0 Å². The molecule has 0 aliphatic carbocycles. The van der Waals surface area contributed by atoms with Crippen LogP contribution in [0.2, 0.25) is 0 Å². The number of hydrogen-bond donors (Lipinski definition) is 1. The smallest absolute Gasteiger partial charge is 0.248 e. The van der Waals surface area contributed by atoms with E-state index in [2.05, 4.69) is 22.3 Å². The van der Waals surface area contributed by atoms with Crippen LogP contribution in [0.15, 0.2) is 59.1 Å². The van der Waals surface area contributed by atoms with E-state index in [4.69, 9.17) is 10.3 Å². The molecule has 0 saturated carbocycles. The number of primary amides is 1. The summed E-state index contributed by atoms with van der Waals surface area (Å²) in [5.74, 6) is 0.580. The number of amides is 1. The molecule has 2 aromatic carbocycles.